The van der Waals surface area contributed by atoms with Crippen LogP contribution < -0.4 is 4.90 Å². The number of rotatable bonds is 1. The molecular formula is C19H20N2S. The molecule has 0 unspecified atom stereocenters. The molecule has 22 heavy (non-hydrogen) atoms. The minimum absolute atomic E-state index is 0.630. The van der Waals surface area contributed by atoms with E-state index in [1.165, 1.54) is 53.6 Å². The Balaban J connectivity index is 1.65. The number of anilines is 2. The van der Waals surface area contributed by atoms with Crippen LogP contribution in [0.1, 0.15) is 12.8 Å². The molecule has 1 atom stereocenters. The third kappa shape index (κ3) is 1.92. The van der Waals surface area contributed by atoms with E-state index in [-0.39, 0.29) is 0 Å². The molecule has 3 fully saturated rings. The Morgan fingerprint density at radius 3 is 1.95 bits per heavy atom. The van der Waals surface area contributed by atoms with Crippen molar-refractivity contribution in [2.24, 2.45) is 5.92 Å². The molecule has 0 saturated carbocycles. The summed E-state index contributed by atoms with van der Waals surface area (Å²) >= 11 is 1.92. The maximum absolute atomic E-state index is 2.65. The zero-order chi connectivity index (χ0) is 14.5. The molecule has 6 rings (SSSR count). The second-order valence-electron chi connectivity index (χ2n) is 6.61. The molecule has 2 bridgehead atoms. The van der Waals surface area contributed by atoms with Crippen LogP contribution in [0.3, 0.4) is 0 Å². The van der Waals surface area contributed by atoms with E-state index in [1.807, 2.05) is 11.8 Å². The lowest BCUT2D eigenvalue weighted by Crippen LogP contribution is -2.56. The summed E-state index contributed by atoms with van der Waals surface area (Å²) in [5, 5.41) is 0. The van der Waals surface area contributed by atoms with Gasteiger partial charge in [-0.2, -0.15) is 0 Å². The number of fused-ring (bicyclic) bond motifs is 5. The van der Waals surface area contributed by atoms with E-state index in [9.17, 15) is 0 Å². The van der Waals surface area contributed by atoms with Crippen molar-refractivity contribution >= 4 is 23.1 Å². The largest absolute Gasteiger partial charge is 0.335 e. The molecule has 3 heteroatoms. The van der Waals surface area contributed by atoms with Crippen molar-refractivity contribution in [2.75, 3.05) is 24.5 Å². The molecule has 3 saturated heterocycles. The maximum atomic E-state index is 2.65. The first-order valence-electron chi connectivity index (χ1n) is 8.28. The van der Waals surface area contributed by atoms with Crippen molar-refractivity contribution < 1.29 is 0 Å². The summed E-state index contributed by atoms with van der Waals surface area (Å²) < 4.78 is 0. The molecule has 4 heterocycles. The van der Waals surface area contributed by atoms with Crippen LogP contribution in [-0.4, -0.2) is 30.6 Å². The highest BCUT2D eigenvalue weighted by atomic mass is 32.2. The van der Waals surface area contributed by atoms with Crippen LogP contribution in [0, 0.1) is 5.92 Å². The van der Waals surface area contributed by atoms with Gasteiger partial charge in [0.15, 0.2) is 0 Å². The minimum atomic E-state index is 0.630. The molecule has 0 N–H and O–H groups in total. The molecule has 0 aromatic heterocycles. The van der Waals surface area contributed by atoms with Crippen LogP contribution in [0.5, 0.6) is 0 Å². The topological polar surface area (TPSA) is 6.48 Å². The average molecular weight is 308 g/mol. The van der Waals surface area contributed by atoms with Gasteiger partial charge in [0.25, 0.3) is 0 Å². The third-order valence-electron chi connectivity index (χ3n) is 5.42. The van der Waals surface area contributed by atoms with Gasteiger partial charge in [-0.1, -0.05) is 36.0 Å². The van der Waals surface area contributed by atoms with E-state index in [4.69, 9.17) is 0 Å². The number of hydrogen-bond donors (Lipinski definition) is 0. The van der Waals surface area contributed by atoms with Gasteiger partial charge in [0.1, 0.15) is 0 Å². The first kappa shape index (κ1) is 13.0. The highest BCUT2D eigenvalue weighted by Crippen LogP contribution is 2.50. The minimum Gasteiger partial charge on any atom is -0.335 e. The van der Waals surface area contributed by atoms with Crippen molar-refractivity contribution in [3.63, 3.8) is 0 Å². The quantitative estimate of drug-likeness (QED) is 0.772. The van der Waals surface area contributed by atoms with Gasteiger partial charge in [-0.15, -0.1) is 0 Å². The lowest BCUT2D eigenvalue weighted by atomic mass is 9.82. The van der Waals surface area contributed by atoms with Gasteiger partial charge in [0.05, 0.1) is 11.4 Å². The monoisotopic (exact) mass is 308 g/mol. The number of hydrogen-bond acceptors (Lipinski definition) is 3. The summed E-state index contributed by atoms with van der Waals surface area (Å²) in [7, 11) is 0. The summed E-state index contributed by atoms with van der Waals surface area (Å²) in [6.45, 7) is 3.82. The van der Waals surface area contributed by atoms with Crippen LogP contribution in [0.25, 0.3) is 0 Å². The predicted octanol–water partition coefficient (Wildman–Crippen LogP) is 4.38. The summed E-state index contributed by atoms with van der Waals surface area (Å²) in [5.74, 6) is 0.842. The Labute approximate surface area is 136 Å². The van der Waals surface area contributed by atoms with E-state index in [0.717, 1.165) is 5.92 Å². The van der Waals surface area contributed by atoms with Gasteiger partial charge < -0.3 is 9.80 Å². The fraction of sp³-hybridized carbons (Fsp3) is 0.368. The highest BCUT2D eigenvalue weighted by molar-refractivity contribution is 7.99. The van der Waals surface area contributed by atoms with Gasteiger partial charge in [0, 0.05) is 22.4 Å². The molecule has 2 nitrogen and oxygen atoms in total. The van der Waals surface area contributed by atoms with Gasteiger partial charge >= 0.3 is 0 Å². The van der Waals surface area contributed by atoms with E-state index in [0.29, 0.717) is 6.04 Å². The fourth-order valence-electron chi connectivity index (χ4n) is 4.32. The van der Waals surface area contributed by atoms with E-state index in [2.05, 4.69) is 58.3 Å². The first-order chi connectivity index (χ1) is 10.9. The van der Waals surface area contributed by atoms with Gasteiger partial charge in [-0.05, 0) is 56.1 Å². The van der Waals surface area contributed by atoms with Crippen LogP contribution in [0.15, 0.2) is 58.3 Å². The Morgan fingerprint density at radius 1 is 0.818 bits per heavy atom. The van der Waals surface area contributed by atoms with E-state index >= 15 is 0 Å². The fourth-order valence-corrected chi connectivity index (χ4v) is 5.39. The molecule has 0 aliphatic carbocycles. The van der Waals surface area contributed by atoms with Crippen LogP contribution >= 0.6 is 11.8 Å². The van der Waals surface area contributed by atoms with Gasteiger partial charge in [0.2, 0.25) is 0 Å². The highest BCUT2D eigenvalue weighted by Gasteiger charge is 2.40. The van der Waals surface area contributed by atoms with Gasteiger partial charge in [-0.3, -0.25) is 0 Å². The number of benzene rings is 2. The molecule has 4 aliphatic heterocycles. The van der Waals surface area contributed by atoms with Crippen LogP contribution in [0.2, 0.25) is 0 Å². The Morgan fingerprint density at radius 2 is 1.41 bits per heavy atom. The van der Waals surface area contributed by atoms with Crippen molar-refractivity contribution in [1.29, 1.82) is 0 Å². The molecule has 2 aromatic rings. The molecule has 112 valence electrons. The Hall–Kier alpha value is -1.45. The van der Waals surface area contributed by atoms with E-state index < -0.39 is 0 Å². The van der Waals surface area contributed by atoms with Crippen molar-refractivity contribution in [1.82, 2.24) is 4.90 Å². The Bertz CT molecular complexity index is 661. The van der Waals surface area contributed by atoms with Crippen LogP contribution in [0.4, 0.5) is 11.4 Å². The zero-order valence-electron chi connectivity index (χ0n) is 12.6. The predicted molar refractivity (Wildman–Crippen MR) is 92.1 cm³/mol. The van der Waals surface area contributed by atoms with E-state index in [1.54, 1.807) is 0 Å². The van der Waals surface area contributed by atoms with Crippen LogP contribution in [-0.2, 0) is 0 Å². The molecular weight excluding hydrogens is 288 g/mol. The molecule has 2 aromatic carbocycles. The second-order valence-corrected chi connectivity index (χ2v) is 7.70. The Kier molecular flexibility index (Phi) is 2.98. The smallest absolute Gasteiger partial charge is 0.0556 e. The second kappa shape index (κ2) is 5.04. The third-order valence-corrected chi connectivity index (χ3v) is 6.55. The maximum Gasteiger partial charge on any atom is 0.0556 e. The van der Waals surface area contributed by atoms with Crippen molar-refractivity contribution in [3.05, 3.63) is 48.5 Å². The molecule has 0 amide bonds. The molecule has 0 radical (unpaired) electrons. The lowest BCUT2D eigenvalue weighted by molar-refractivity contribution is 0.0891. The number of nitrogens with zero attached hydrogens (tertiary/aromatic N) is 2. The molecule has 4 aliphatic rings. The lowest BCUT2D eigenvalue weighted by Gasteiger charge is -2.51. The summed E-state index contributed by atoms with van der Waals surface area (Å²) in [4.78, 5) is 8.10. The summed E-state index contributed by atoms with van der Waals surface area (Å²) in [6.07, 6.45) is 2.72. The molecule has 0 spiro atoms. The van der Waals surface area contributed by atoms with Crippen molar-refractivity contribution in [3.8, 4) is 0 Å². The summed E-state index contributed by atoms with van der Waals surface area (Å²) in [6, 6.07) is 18.5. The average Bonchev–Trinajstić information content (AvgIpc) is 2.60. The number of para-hydroxylation sites is 2. The SMILES string of the molecule is c1ccc2c(c1)Sc1ccccc1N2[C@@H]1CN2CCC1CC2. The normalized spacial score (nSPS) is 29.1. The number of piperidine rings is 3. The van der Waals surface area contributed by atoms with Gasteiger partial charge in [-0.25, -0.2) is 0 Å². The zero-order valence-corrected chi connectivity index (χ0v) is 13.4. The summed E-state index contributed by atoms with van der Waals surface area (Å²) in [5.41, 5.74) is 2.81. The van der Waals surface area contributed by atoms with Crippen molar-refractivity contribution in [2.45, 2.75) is 28.7 Å². The standard InChI is InChI=1S/C19H20N2S/c1-3-7-18-15(5-1)21(16-6-2-4-8-19(16)22-18)17-13-20-11-9-14(17)10-12-20/h1-8,14,17H,9-13H2/t17-/m1/s1. The first-order valence-corrected chi connectivity index (χ1v) is 9.09.